The van der Waals surface area contributed by atoms with E-state index in [-0.39, 0.29) is 23.7 Å². The van der Waals surface area contributed by atoms with E-state index in [1.165, 1.54) is 0 Å². The number of carbonyl (C=O) groups excluding carboxylic acids is 2. The number of hydrogen-bond acceptors (Lipinski definition) is 3. The molecule has 19 heavy (non-hydrogen) atoms. The Balaban J connectivity index is 1.74. The number of carbonyl (C=O) groups is 2. The highest BCUT2D eigenvalue weighted by Gasteiger charge is 2.56. The van der Waals surface area contributed by atoms with Crippen LogP contribution >= 0.6 is 0 Å². The Bertz CT molecular complexity index is 468. The molecule has 2 fully saturated rings. The van der Waals surface area contributed by atoms with Gasteiger partial charge in [0.2, 0.25) is 5.91 Å². The highest BCUT2D eigenvalue weighted by Crippen LogP contribution is 2.53. The van der Waals surface area contributed by atoms with Gasteiger partial charge in [-0.1, -0.05) is 30.3 Å². The minimum Gasteiger partial charge on any atom is -0.378 e. The molecule has 2 aliphatic rings. The topological polar surface area (TPSA) is 46.6 Å². The van der Waals surface area contributed by atoms with Crippen molar-refractivity contribution in [2.24, 2.45) is 11.8 Å². The van der Waals surface area contributed by atoms with E-state index in [4.69, 9.17) is 4.74 Å². The summed E-state index contributed by atoms with van der Waals surface area (Å²) in [5.41, 5.74) is 1.09. The van der Waals surface area contributed by atoms with Gasteiger partial charge in [0.1, 0.15) is 6.29 Å². The van der Waals surface area contributed by atoms with Gasteiger partial charge < -0.3 is 14.4 Å². The van der Waals surface area contributed by atoms with Gasteiger partial charge in [-0.3, -0.25) is 4.79 Å². The average Bonchev–Trinajstić information content (AvgIpc) is 3.22. The second-order valence-electron chi connectivity index (χ2n) is 5.11. The third kappa shape index (κ3) is 2.28. The Kier molecular flexibility index (Phi) is 3.34. The molecule has 4 nitrogen and oxygen atoms in total. The van der Waals surface area contributed by atoms with E-state index >= 15 is 0 Å². The van der Waals surface area contributed by atoms with E-state index in [9.17, 15) is 9.59 Å². The summed E-state index contributed by atoms with van der Waals surface area (Å²) >= 11 is 0. The summed E-state index contributed by atoms with van der Waals surface area (Å²) < 4.78 is 5.25. The minimum atomic E-state index is -0.169. The Morgan fingerprint density at radius 2 is 1.89 bits per heavy atom. The van der Waals surface area contributed by atoms with Crippen LogP contribution in [0, 0.1) is 11.8 Å². The first-order chi connectivity index (χ1) is 9.33. The number of benzene rings is 1. The minimum absolute atomic E-state index is 0.0639. The summed E-state index contributed by atoms with van der Waals surface area (Å²) in [6.07, 6.45) is 0.931. The summed E-state index contributed by atoms with van der Waals surface area (Å²) in [7, 11) is 0. The zero-order chi connectivity index (χ0) is 13.2. The highest BCUT2D eigenvalue weighted by molar-refractivity contribution is 5.89. The molecular weight excluding hydrogens is 242 g/mol. The lowest BCUT2D eigenvalue weighted by molar-refractivity contribution is -0.137. The van der Waals surface area contributed by atoms with Crippen molar-refractivity contribution < 1.29 is 14.3 Å². The maximum Gasteiger partial charge on any atom is 0.227 e. The summed E-state index contributed by atoms with van der Waals surface area (Å²) in [4.78, 5) is 25.4. The first kappa shape index (κ1) is 12.4. The quantitative estimate of drug-likeness (QED) is 0.763. The smallest absolute Gasteiger partial charge is 0.227 e. The first-order valence-corrected chi connectivity index (χ1v) is 6.69. The van der Waals surface area contributed by atoms with Crippen molar-refractivity contribution in [3.8, 4) is 0 Å². The van der Waals surface area contributed by atoms with Gasteiger partial charge in [0, 0.05) is 24.9 Å². The molecule has 3 rings (SSSR count). The van der Waals surface area contributed by atoms with Crippen LogP contribution in [0.1, 0.15) is 11.5 Å². The molecule has 1 saturated heterocycles. The molecular formula is C15H17NO3. The molecule has 0 spiro atoms. The van der Waals surface area contributed by atoms with Gasteiger partial charge in [-0.2, -0.15) is 0 Å². The summed E-state index contributed by atoms with van der Waals surface area (Å²) in [5, 5.41) is 0. The SMILES string of the molecule is O=C[C@H]1[C@@H](C(=O)N2CCOCC2)[C@@H]1c1ccccc1. The summed E-state index contributed by atoms with van der Waals surface area (Å²) in [6.45, 7) is 2.48. The highest BCUT2D eigenvalue weighted by atomic mass is 16.5. The molecule has 1 aromatic carbocycles. The molecule has 0 bridgehead atoms. The van der Waals surface area contributed by atoms with E-state index < -0.39 is 0 Å². The van der Waals surface area contributed by atoms with Gasteiger partial charge in [0.05, 0.1) is 19.1 Å². The predicted octanol–water partition coefficient (Wildman–Crippen LogP) is 1.07. The molecule has 1 amide bonds. The molecule has 0 aromatic heterocycles. The predicted molar refractivity (Wildman–Crippen MR) is 69.6 cm³/mol. The lowest BCUT2D eigenvalue weighted by Crippen LogP contribution is -2.42. The van der Waals surface area contributed by atoms with Gasteiger partial charge in [-0.25, -0.2) is 0 Å². The number of rotatable bonds is 3. The van der Waals surface area contributed by atoms with Gasteiger partial charge in [-0.05, 0) is 5.56 Å². The van der Waals surface area contributed by atoms with E-state index in [0.29, 0.717) is 26.3 Å². The van der Waals surface area contributed by atoms with Gasteiger partial charge >= 0.3 is 0 Å². The van der Waals surface area contributed by atoms with Crippen molar-refractivity contribution >= 4 is 12.2 Å². The van der Waals surface area contributed by atoms with E-state index in [1.54, 1.807) is 0 Å². The third-order valence-electron chi connectivity index (χ3n) is 4.02. The van der Waals surface area contributed by atoms with Gasteiger partial charge in [0.25, 0.3) is 0 Å². The van der Waals surface area contributed by atoms with Crippen LogP contribution < -0.4 is 0 Å². The summed E-state index contributed by atoms with van der Waals surface area (Å²) in [5.74, 6) is -0.154. The standard InChI is InChI=1S/C15H17NO3/c17-10-12-13(11-4-2-1-3-5-11)14(12)15(18)16-6-8-19-9-7-16/h1-5,10,12-14H,6-9H2/t12-,13-,14-/m1/s1. The molecule has 1 aliphatic heterocycles. The van der Waals surface area contributed by atoms with E-state index in [1.807, 2.05) is 35.2 Å². The lowest BCUT2D eigenvalue weighted by atomic mass is 10.1. The fourth-order valence-electron chi connectivity index (χ4n) is 2.92. The Hall–Kier alpha value is -1.68. The van der Waals surface area contributed by atoms with Gasteiger partial charge in [0.15, 0.2) is 0 Å². The molecule has 4 heteroatoms. The van der Waals surface area contributed by atoms with Crippen LogP contribution in [0.15, 0.2) is 30.3 Å². The van der Waals surface area contributed by atoms with Crippen molar-refractivity contribution in [3.63, 3.8) is 0 Å². The van der Waals surface area contributed by atoms with Crippen molar-refractivity contribution in [2.45, 2.75) is 5.92 Å². The number of amides is 1. The summed E-state index contributed by atoms with van der Waals surface area (Å²) in [6, 6.07) is 9.83. The van der Waals surface area contributed by atoms with Crippen molar-refractivity contribution in [2.75, 3.05) is 26.3 Å². The van der Waals surface area contributed by atoms with Crippen LogP contribution in [0.2, 0.25) is 0 Å². The van der Waals surface area contributed by atoms with Crippen LogP contribution in [0.25, 0.3) is 0 Å². The fraction of sp³-hybridized carbons (Fsp3) is 0.467. The number of ether oxygens (including phenoxy) is 1. The van der Waals surface area contributed by atoms with Crippen LogP contribution in [-0.4, -0.2) is 43.4 Å². The average molecular weight is 259 g/mol. The third-order valence-corrected chi connectivity index (χ3v) is 4.02. The normalized spacial score (nSPS) is 29.9. The zero-order valence-corrected chi connectivity index (χ0v) is 10.7. The van der Waals surface area contributed by atoms with Crippen molar-refractivity contribution in [1.29, 1.82) is 0 Å². The van der Waals surface area contributed by atoms with E-state index in [2.05, 4.69) is 0 Å². The molecule has 1 aliphatic carbocycles. The first-order valence-electron chi connectivity index (χ1n) is 6.69. The van der Waals surface area contributed by atoms with Crippen LogP contribution in [0.4, 0.5) is 0 Å². The van der Waals surface area contributed by atoms with Crippen LogP contribution in [-0.2, 0) is 14.3 Å². The zero-order valence-electron chi connectivity index (χ0n) is 10.7. The Morgan fingerprint density at radius 3 is 2.53 bits per heavy atom. The second-order valence-corrected chi connectivity index (χ2v) is 5.11. The number of aldehydes is 1. The molecule has 0 unspecified atom stereocenters. The van der Waals surface area contributed by atoms with Crippen LogP contribution in [0.3, 0.4) is 0 Å². The lowest BCUT2D eigenvalue weighted by Gasteiger charge is -2.27. The second kappa shape index (κ2) is 5.13. The molecule has 1 saturated carbocycles. The Labute approximate surface area is 112 Å². The fourth-order valence-corrected chi connectivity index (χ4v) is 2.92. The number of hydrogen-bond donors (Lipinski definition) is 0. The van der Waals surface area contributed by atoms with Crippen molar-refractivity contribution in [3.05, 3.63) is 35.9 Å². The molecule has 1 aromatic rings. The Morgan fingerprint density at radius 1 is 1.21 bits per heavy atom. The number of morpholine rings is 1. The molecule has 100 valence electrons. The maximum atomic E-state index is 12.4. The molecule has 0 N–H and O–H groups in total. The van der Waals surface area contributed by atoms with Crippen molar-refractivity contribution in [1.82, 2.24) is 4.90 Å². The van der Waals surface area contributed by atoms with E-state index in [0.717, 1.165) is 11.8 Å². The van der Waals surface area contributed by atoms with Crippen LogP contribution in [0.5, 0.6) is 0 Å². The molecule has 3 atom stereocenters. The monoisotopic (exact) mass is 259 g/mol. The largest absolute Gasteiger partial charge is 0.378 e. The molecule has 1 heterocycles. The maximum absolute atomic E-state index is 12.4. The molecule has 0 radical (unpaired) electrons. The number of nitrogens with zero attached hydrogens (tertiary/aromatic N) is 1. The van der Waals surface area contributed by atoms with Gasteiger partial charge in [-0.15, -0.1) is 0 Å².